The number of ether oxygens (including phenoxy) is 1. The first kappa shape index (κ1) is 13.5. The first-order chi connectivity index (χ1) is 9.13. The number of nitrogens with zero attached hydrogens (tertiary/aromatic N) is 1. The monoisotopic (exact) mass is 280 g/mol. The van der Waals surface area contributed by atoms with E-state index < -0.39 is 0 Å². The van der Waals surface area contributed by atoms with E-state index in [1.54, 1.807) is 0 Å². The summed E-state index contributed by atoms with van der Waals surface area (Å²) in [6, 6.07) is 0.717. The molecule has 106 valence electrons. The summed E-state index contributed by atoms with van der Waals surface area (Å²) in [6.45, 7) is 7.32. The van der Waals surface area contributed by atoms with E-state index in [1.165, 1.54) is 23.5 Å². The molecule has 1 aromatic rings. The van der Waals surface area contributed by atoms with Gasteiger partial charge in [0.2, 0.25) is 0 Å². The third-order valence-electron chi connectivity index (χ3n) is 4.14. The first-order valence-electron chi connectivity index (χ1n) is 7.48. The Labute approximate surface area is 119 Å². The van der Waals surface area contributed by atoms with Crippen LogP contribution in [0, 0.1) is 0 Å². The van der Waals surface area contributed by atoms with Gasteiger partial charge in [-0.1, -0.05) is 13.8 Å². The van der Waals surface area contributed by atoms with Gasteiger partial charge in [-0.25, -0.2) is 4.98 Å². The second kappa shape index (κ2) is 5.15. The zero-order chi connectivity index (χ0) is 13.5. The zero-order valence-corrected chi connectivity index (χ0v) is 12.9. The minimum Gasteiger partial charge on any atom is -0.378 e. The molecule has 0 aromatic carbocycles. The lowest BCUT2D eigenvalue weighted by Gasteiger charge is -2.46. The molecule has 0 radical (unpaired) electrons. The summed E-state index contributed by atoms with van der Waals surface area (Å²) >= 11 is 1.82. The highest BCUT2D eigenvalue weighted by Gasteiger charge is 2.50. The Morgan fingerprint density at radius 3 is 2.74 bits per heavy atom. The normalized spacial score (nSPS) is 30.6. The average Bonchev–Trinajstić information content (AvgIpc) is 2.99. The van der Waals surface area contributed by atoms with Crippen LogP contribution in [0.2, 0.25) is 0 Å². The van der Waals surface area contributed by atoms with Crippen molar-refractivity contribution in [2.75, 3.05) is 6.61 Å². The highest BCUT2D eigenvalue weighted by atomic mass is 32.1. The molecule has 1 heterocycles. The average molecular weight is 280 g/mol. The van der Waals surface area contributed by atoms with Gasteiger partial charge in [0.1, 0.15) is 5.01 Å². The summed E-state index contributed by atoms with van der Waals surface area (Å²) in [6.07, 6.45) is 5.24. The van der Waals surface area contributed by atoms with E-state index in [1.807, 2.05) is 11.3 Å². The Morgan fingerprint density at radius 1 is 1.47 bits per heavy atom. The van der Waals surface area contributed by atoms with Crippen LogP contribution >= 0.6 is 11.3 Å². The van der Waals surface area contributed by atoms with Crippen molar-refractivity contribution < 1.29 is 4.74 Å². The third-order valence-corrected chi connectivity index (χ3v) is 5.20. The van der Waals surface area contributed by atoms with Crippen molar-refractivity contribution in [2.24, 2.45) is 0 Å². The molecule has 0 unspecified atom stereocenters. The molecular weight excluding hydrogens is 256 g/mol. The van der Waals surface area contributed by atoms with E-state index in [0.29, 0.717) is 18.1 Å². The Balaban J connectivity index is 1.75. The maximum atomic E-state index is 5.75. The number of hydrogen-bond acceptors (Lipinski definition) is 4. The Hall–Kier alpha value is -0.450. The number of thiazole rings is 1. The predicted molar refractivity (Wildman–Crippen MR) is 78.7 cm³/mol. The molecule has 2 fully saturated rings. The van der Waals surface area contributed by atoms with Crippen LogP contribution < -0.4 is 5.32 Å². The molecule has 2 saturated carbocycles. The Kier molecular flexibility index (Phi) is 3.67. The molecule has 0 amide bonds. The van der Waals surface area contributed by atoms with Gasteiger partial charge in [-0.3, -0.25) is 0 Å². The second-order valence-corrected chi connectivity index (χ2v) is 7.08. The van der Waals surface area contributed by atoms with Crippen molar-refractivity contribution in [1.29, 1.82) is 0 Å². The SMILES string of the molecule is CCOC1CC(NC2CC2)(c2nc(C(C)C)cs2)C1. The summed E-state index contributed by atoms with van der Waals surface area (Å²) in [7, 11) is 0. The molecule has 19 heavy (non-hydrogen) atoms. The van der Waals surface area contributed by atoms with E-state index >= 15 is 0 Å². The number of aromatic nitrogens is 1. The molecule has 1 aromatic heterocycles. The van der Waals surface area contributed by atoms with Crippen molar-refractivity contribution in [2.45, 2.75) is 70.1 Å². The first-order valence-corrected chi connectivity index (χ1v) is 8.36. The van der Waals surface area contributed by atoms with Gasteiger partial charge in [0.25, 0.3) is 0 Å². The van der Waals surface area contributed by atoms with Crippen LogP contribution in [0.4, 0.5) is 0 Å². The van der Waals surface area contributed by atoms with Crippen LogP contribution in [0.3, 0.4) is 0 Å². The lowest BCUT2D eigenvalue weighted by Crippen LogP contribution is -2.56. The molecule has 0 aliphatic heterocycles. The molecule has 2 aliphatic rings. The highest BCUT2D eigenvalue weighted by Crippen LogP contribution is 2.46. The summed E-state index contributed by atoms with van der Waals surface area (Å²) in [5, 5.41) is 7.33. The van der Waals surface area contributed by atoms with Gasteiger partial charge in [-0.2, -0.15) is 0 Å². The van der Waals surface area contributed by atoms with Crippen LogP contribution in [-0.2, 0) is 10.3 Å². The van der Waals surface area contributed by atoms with Crippen LogP contribution in [-0.4, -0.2) is 23.7 Å². The fraction of sp³-hybridized carbons (Fsp3) is 0.800. The van der Waals surface area contributed by atoms with Crippen LogP contribution in [0.25, 0.3) is 0 Å². The minimum absolute atomic E-state index is 0.110. The molecule has 4 heteroatoms. The quantitative estimate of drug-likeness (QED) is 0.867. The largest absolute Gasteiger partial charge is 0.378 e. The molecule has 3 rings (SSSR count). The molecule has 0 atom stereocenters. The van der Waals surface area contributed by atoms with Crippen molar-refractivity contribution >= 4 is 11.3 Å². The second-order valence-electron chi connectivity index (χ2n) is 6.22. The van der Waals surface area contributed by atoms with E-state index in [9.17, 15) is 0 Å². The molecule has 0 spiro atoms. The Bertz CT molecular complexity index is 433. The van der Waals surface area contributed by atoms with Gasteiger partial charge in [-0.15, -0.1) is 11.3 Å². The topological polar surface area (TPSA) is 34.1 Å². The fourth-order valence-electron chi connectivity index (χ4n) is 2.81. The van der Waals surface area contributed by atoms with E-state index in [0.717, 1.165) is 19.4 Å². The van der Waals surface area contributed by atoms with Gasteiger partial charge in [0, 0.05) is 18.0 Å². The molecule has 0 bridgehead atoms. The summed E-state index contributed by atoms with van der Waals surface area (Å²) in [5.41, 5.74) is 1.34. The van der Waals surface area contributed by atoms with Crippen molar-refractivity contribution in [3.8, 4) is 0 Å². The van der Waals surface area contributed by atoms with Gasteiger partial charge < -0.3 is 10.1 Å². The minimum atomic E-state index is 0.110. The summed E-state index contributed by atoms with van der Waals surface area (Å²) < 4.78 is 5.75. The smallest absolute Gasteiger partial charge is 0.113 e. The highest BCUT2D eigenvalue weighted by molar-refractivity contribution is 7.09. The molecule has 0 saturated heterocycles. The number of hydrogen-bond donors (Lipinski definition) is 1. The van der Waals surface area contributed by atoms with Gasteiger partial charge in [-0.05, 0) is 38.5 Å². The van der Waals surface area contributed by atoms with Crippen molar-refractivity contribution in [3.63, 3.8) is 0 Å². The molecule has 2 aliphatic carbocycles. The maximum absolute atomic E-state index is 5.75. The van der Waals surface area contributed by atoms with E-state index in [4.69, 9.17) is 9.72 Å². The summed E-state index contributed by atoms with van der Waals surface area (Å²) in [5.74, 6) is 0.519. The zero-order valence-electron chi connectivity index (χ0n) is 12.1. The Morgan fingerprint density at radius 2 is 2.21 bits per heavy atom. The van der Waals surface area contributed by atoms with Crippen LogP contribution in [0.15, 0.2) is 5.38 Å². The van der Waals surface area contributed by atoms with Gasteiger partial charge >= 0.3 is 0 Å². The van der Waals surface area contributed by atoms with E-state index in [-0.39, 0.29) is 5.54 Å². The maximum Gasteiger partial charge on any atom is 0.113 e. The predicted octanol–water partition coefficient (Wildman–Crippen LogP) is 3.41. The van der Waals surface area contributed by atoms with Crippen molar-refractivity contribution in [3.05, 3.63) is 16.1 Å². The summed E-state index contributed by atoms with van der Waals surface area (Å²) in [4.78, 5) is 4.88. The lowest BCUT2D eigenvalue weighted by molar-refractivity contribution is -0.0544. The fourth-order valence-corrected chi connectivity index (χ4v) is 3.98. The lowest BCUT2D eigenvalue weighted by atomic mass is 9.74. The van der Waals surface area contributed by atoms with Gasteiger partial charge in [0.05, 0.1) is 17.3 Å². The standard InChI is InChI=1S/C15H24N2OS/c1-4-18-12-7-15(8-12,17-11-5-6-11)14-16-13(9-19-14)10(2)3/h9-12,17H,4-8H2,1-3H3. The molecule has 1 N–H and O–H groups in total. The number of rotatable bonds is 6. The van der Waals surface area contributed by atoms with Gasteiger partial charge in [0.15, 0.2) is 0 Å². The van der Waals surface area contributed by atoms with Crippen LogP contribution in [0.5, 0.6) is 0 Å². The molecular formula is C15H24N2OS. The third kappa shape index (κ3) is 2.71. The van der Waals surface area contributed by atoms with Crippen LogP contribution in [0.1, 0.15) is 63.1 Å². The van der Waals surface area contributed by atoms with Crippen molar-refractivity contribution in [1.82, 2.24) is 10.3 Å². The molecule has 3 nitrogen and oxygen atoms in total. The number of nitrogens with one attached hydrogen (secondary N) is 1. The van der Waals surface area contributed by atoms with E-state index in [2.05, 4.69) is 31.5 Å².